The van der Waals surface area contributed by atoms with Crippen LogP contribution in [-0.2, 0) is 20.7 Å². The quantitative estimate of drug-likeness (QED) is 0.812. The van der Waals surface area contributed by atoms with E-state index in [1.807, 2.05) is 0 Å². The Morgan fingerprint density at radius 1 is 1.55 bits per heavy atom. The van der Waals surface area contributed by atoms with E-state index in [-0.39, 0.29) is 18.2 Å². The number of nitrogens with two attached hydrogens (primary N) is 1. The van der Waals surface area contributed by atoms with Crippen molar-refractivity contribution in [3.8, 4) is 5.75 Å². The van der Waals surface area contributed by atoms with Gasteiger partial charge in [0.15, 0.2) is 0 Å². The third-order valence-electron chi connectivity index (χ3n) is 3.62. The molecule has 2 rings (SSSR count). The highest BCUT2D eigenvalue weighted by molar-refractivity contribution is 6.32. The van der Waals surface area contributed by atoms with Crippen molar-refractivity contribution in [3.63, 3.8) is 0 Å². The van der Waals surface area contributed by atoms with Gasteiger partial charge in [0.1, 0.15) is 11.8 Å². The highest BCUT2D eigenvalue weighted by Crippen LogP contribution is 2.25. The molecule has 0 aromatic heterocycles. The predicted octanol–water partition coefficient (Wildman–Crippen LogP) is 0.898. The maximum absolute atomic E-state index is 12.1. The van der Waals surface area contributed by atoms with Gasteiger partial charge in [-0.05, 0) is 24.1 Å². The van der Waals surface area contributed by atoms with E-state index in [9.17, 15) is 9.59 Å². The molecule has 0 bridgehead atoms. The Morgan fingerprint density at radius 3 is 2.86 bits per heavy atom. The standard InChI is InChI=1S/C15H19ClN2O4/c1-21-13-3-2-9(6-11(13)16)7-12(14(17)19)18-15(20)10-4-5-22-8-10/h2-3,6,10,12H,4-5,7-8H2,1H3,(H2,17,19)(H,18,20)/t10-,12-/m1/s1. The van der Waals surface area contributed by atoms with Gasteiger partial charge in [0.05, 0.1) is 24.7 Å². The van der Waals surface area contributed by atoms with Crippen LogP contribution in [0, 0.1) is 5.92 Å². The first kappa shape index (κ1) is 16.6. The fourth-order valence-corrected chi connectivity index (χ4v) is 2.61. The molecular formula is C15H19ClN2O4. The van der Waals surface area contributed by atoms with E-state index >= 15 is 0 Å². The topological polar surface area (TPSA) is 90.7 Å². The average molecular weight is 327 g/mol. The minimum atomic E-state index is -0.780. The summed E-state index contributed by atoms with van der Waals surface area (Å²) in [5.41, 5.74) is 6.17. The molecule has 2 amide bonds. The Kier molecular flexibility index (Phi) is 5.63. The number of carbonyl (C=O) groups is 2. The fraction of sp³-hybridized carbons (Fsp3) is 0.467. The molecule has 22 heavy (non-hydrogen) atoms. The molecule has 1 fully saturated rings. The van der Waals surface area contributed by atoms with Gasteiger partial charge < -0.3 is 20.5 Å². The van der Waals surface area contributed by atoms with Gasteiger partial charge in [-0.25, -0.2) is 0 Å². The summed E-state index contributed by atoms with van der Waals surface area (Å²) in [5.74, 6) is -0.463. The van der Waals surface area contributed by atoms with Crippen molar-refractivity contribution in [2.75, 3.05) is 20.3 Å². The fourth-order valence-electron chi connectivity index (χ4n) is 2.33. The number of ether oxygens (including phenoxy) is 2. The van der Waals surface area contributed by atoms with Crippen molar-refractivity contribution < 1.29 is 19.1 Å². The van der Waals surface area contributed by atoms with Crippen LogP contribution in [0.5, 0.6) is 5.75 Å². The Bertz CT molecular complexity index is 558. The number of benzene rings is 1. The molecule has 6 nitrogen and oxygen atoms in total. The van der Waals surface area contributed by atoms with Gasteiger partial charge >= 0.3 is 0 Å². The summed E-state index contributed by atoms with van der Waals surface area (Å²) in [6, 6.07) is 4.41. The number of amides is 2. The summed E-state index contributed by atoms with van der Waals surface area (Å²) in [4.78, 5) is 23.7. The predicted molar refractivity (Wildman–Crippen MR) is 81.8 cm³/mol. The lowest BCUT2D eigenvalue weighted by Gasteiger charge is -2.18. The van der Waals surface area contributed by atoms with Crippen LogP contribution in [0.2, 0.25) is 5.02 Å². The van der Waals surface area contributed by atoms with Crippen molar-refractivity contribution in [3.05, 3.63) is 28.8 Å². The second kappa shape index (κ2) is 7.47. The first-order valence-electron chi connectivity index (χ1n) is 7.01. The molecule has 0 saturated carbocycles. The van der Waals surface area contributed by atoms with Crippen LogP contribution in [0.15, 0.2) is 18.2 Å². The van der Waals surface area contributed by atoms with Crippen LogP contribution in [-0.4, -0.2) is 38.2 Å². The van der Waals surface area contributed by atoms with Crippen LogP contribution in [0.1, 0.15) is 12.0 Å². The summed E-state index contributed by atoms with van der Waals surface area (Å²) in [7, 11) is 1.52. The first-order valence-corrected chi connectivity index (χ1v) is 7.39. The third kappa shape index (κ3) is 4.11. The lowest BCUT2D eigenvalue weighted by atomic mass is 10.0. The molecule has 1 saturated heterocycles. The van der Waals surface area contributed by atoms with Gasteiger partial charge in [0.25, 0.3) is 0 Å². The van der Waals surface area contributed by atoms with Gasteiger partial charge in [-0.3, -0.25) is 9.59 Å². The van der Waals surface area contributed by atoms with Crippen molar-refractivity contribution in [2.24, 2.45) is 11.7 Å². The molecule has 1 heterocycles. The summed E-state index contributed by atoms with van der Waals surface area (Å²) in [6.45, 7) is 0.944. The van der Waals surface area contributed by atoms with Crippen molar-refractivity contribution >= 4 is 23.4 Å². The summed E-state index contributed by atoms with van der Waals surface area (Å²) in [6.07, 6.45) is 0.935. The number of methoxy groups -OCH3 is 1. The Morgan fingerprint density at radius 2 is 2.32 bits per heavy atom. The Hall–Kier alpha value is -1.79. The van der Waals surface area contributed by atoms with Crippen LogP contribution >= 0.6 is 11.6 Å². The minimum Gasteiger partial charge on any atom is -0.495 e. The van der Waals surface area contributed by atoms with Gasteiger partial charge in [-0.15, -0.1) is 0 Å². The van der Waals surface area contributed by atoms with Crippen molar-refractivity contribution in [1.82, 2.24) is 5.32 Å². The van der Waals surface area contributed by atoms with Crippen molar-refractivity contribution in [2.45, 2.75) is 18.9 Å². The number of halogens is 1. The number of hydrogen-bond acceptors (Lipinski definition) is 4. The molecule has 0 radical (unpaired) electrons. The van der Waals surface area contributed by atoms with Crippen LogP contribution < -0.4 is 15.8 Å². The highest BCUT2D eigenvalue weighted by atomic mass is 35.5. The number of primary amides is 1. The smallest absolute Gasteiger partial charge is 0.240 e. The van der Waals surface area contributed by atoms with E-state index in [2.05, 4.69) is 5.32 Å². The summed E-state index contributed by atoms with van der Waals surface area (Å²) >= 11 is 6.06. The molecule has 1 aliphatic rings. The lowest BCUT2D eigenvalue weighted by molar-refractivity contribution is -0.129. The molecule has 2 atom stereocenters. The molecule has 120 valence electrons. The van der Waals surface area contributed by atoms with E-state index in [4.69, 9.17) is 26.8 Å². The maximum Gasteiger partial charge on any atom is 0.240 e. The average Bonchev–Trinajstić information content (AvgIpc) is 3.01. The van der Waals surface area contributed by atoms with E-state index in [0.717, 1.165) is 5.56 Å². The SMILES string of the molecule is COc1ccc(C[C@@H](NC(=O)[C@@H]2CCOC2)C(N)=O)cc1Cl. The summed E-state index contributed by atoms with van der Waals surface area (Å²) < 4.78 is 10.2. The second-order valence-corrected chi connectivity index (χ2v) is 5.60. The first-order chi connectivity index (χ1) is 10.5. The molecule has 1 aromatic carbocycles. The van der Waals surface area contributed by atoms with Gasteiger partial charge in [-0.1, -0.05) is 17.7 Å². The molecule has 0 unspecified atom stereocenters. The molecular weight excluding hydrogens is 308 g/mol. The van der Waals surface area contributed by atoms with E-state index in [0.29, 0.717) is 30.4 Å². The van der Waals surface area contributed by atoms with Gasteiger partial charge in [-0.2, -0.15) is 0 Å². The van der Waals surface area contributed by atoms with Crippen LogP contribution in [0.4, 0.5) is 0 Å². The molecule has 0 spiro atoms. The third-order valence-corrected chi connectivity index (χ3v) is 3.91. The summed E-state index contributed by atoms with van der Waals surface area (Å²) in [5, 5.41) is 3.13. The molecule has 1 aliphatic heterocycles. The molecule has 1 aromatic rings. The number of rotatable bonds is 6. The minimum absolute atomic E-state index is 0.207. The number of nitrogens with one attached hydrogen (secondary N) is 1. The molecule has 0 aliphatic carbocycles. The number of carbonyl (C=O) groups excluding carboxylic acids is 2. The normalized spacial score (nSPS) is 18.7. The maximum atomic E-state index is 12.1. The van der Waals surface area contributed by atoms with Crippen LogP contribution in [0.25, 0.3) is 0 Å². The van der Waals surface area contributed by atoms with E-state index < -0.39 is 11.9 Å². The van der Waals surface area contributed by atoms with E-state index in [1.54, 1.807) is 18.2 Å². The molecule has 7 heteroatoms. The zero-order valence-electron chi connectivity index (χ0n) is 12.3. The van der Waals surface area contributed by atoms with Gasteiger partial charge in [0, 0.05) is 13.0 Å². The second-order valence-electron chi connectivity index (χ2n) is 5.20. The number of hydrogen-bond donors (Lipinski definition) is 2. The van der Waals surface area contributed by atoms with Crippen LogP contribution in [0.3, 0.4) is 0 Å². The Labute approximate surface area is 133 Å². The van der Waals surface area contributed by atoms with E-state index in [1.165, 1.54) is 7.11 Å². The monoisotopic (exact) mass is 326 g/mol. The highest BCUT2D eigenvalue weighted by Gasteiger charge is 2.27. The molecule has 3 N–H and O–H groups in total. The van der Waals surface area contributed by atoms with Gasteiger partial charge in [0.2, 0.25) is 11.8 Å². The zero-order chi connectivity index (χ0) is 16.1. The van der Waals surface area contributed by atoms with Crippen molar-refractivity contribution in [1.29, 1.82) is 0 Å². The Balaban J connectivity index is 2.03. The lowest BCUT2D eigenvalue weighted by Crippen LogP contribution is -2.48. The largest absolute Gasteiger partial charge is 0.495 e. The zero-order valence-corrected chi connectivity index (χ0v) is 13.1.